The molecule has 1 fully saturated rings. The van der Waals surface area contributed by atoms with Crippen molar-refractivity contribution in [2.75, 3.05) is 12.0 Å². The summed E-state index contributed by atoms with van der Waals surface area (Å²) in [6, 6.07) is 1.10. The molecule has 0 aliphatic carbocycles. The standard InChI is InChI=1S/C11H12FN5O4/c12-7-3-9(17(20)21)6(2-8(7)16-13)11(19)15-5-1-10(18)14-4-5/h2-3,5,16H,1,4,13H2,(H,14,18)(H,15,19). The minimum atomic E-state index is -0.946. The maximum Gasteiger partial charge on any atom is 0.285 e. The lowest BCUT2D eigenvalue weighted by Gasteiger charge is -2.12. The van der Waals surface area contributed by atoms with Crippen LogP contribution in [0.1, 0.15) is 16.8 Å². The van der Waals surface area contributed by atoms with Crippen molar-refractivity contribution in [3.8, 4) is 0 Å². The number of hydrogen-bond acceptors (Lipinski definition) is 6. The van der Waals surface area contributed by atoms with Crippen LogP contribution in [0, 0.1) is 15.9 Å². The molecule has 112 valence electrons. The summed E-state index contributed by atoms with van der Waals surface area (Å²) in [4.78, 5) is 33.2. The minimum absolute atomic E-state index is 0.0860. The third-order valence-electron chi connectivity index (χ3n) is 2.99. The van der Waals surface area contributed by atoms with E-state index in [0.29, 0.717) is 6.07 Å². The average Bonchev–Trinajstić information content (AvgIpc) is 2.83. The van der Waals surface area contributed by atoms with Gasteiger partial charge in [0.2, 0.25) is 5.91 Å². The number of carbonyl (C=O) groups excluding carboxylic acids is 2. The number of anilines is 1. The van der Waals surface area contributed by atoms with Crippen LogP contribution in [0.4, 0.5) is 15.8 Å². The third kappa shape index (κ3) is 3.05. The topological polar surface area (TPSA) is 139 Å². The van der Waals surface area contributed by atoms with Crippen LogP contribution < -0.4 is 21.9 Å². The summed E-state index contributed by atoms with van der Waals surface area (Å²) in [5.41, 5.74) is 0.751. The molecular weight excluding hydrogens is 285 g/mol. The van der Waals surface area contributed by atoms with Gasteiger partial charge in [0.05, 0.1) is 22.7 Å². The van der Waals surface area contributed by atoms with Gasteiger partial charge in [-0.2, -0.15) is 0 Å². The molecule has 1 aliphatic heterocycles. The van der Waals surface area contributed by atoms with Gasteiger partial charge in [0, 0.05) is 13.0 Å². The summed E-state index contributed by atoms with van der Waals surface area (Å²) >= 11 is 0. The number of halogens is 1. The lowest BCUT2D eigenvalue weighted by atomic mass is 10.1. The van der Waals surface area contributed by atoms with E-state index in [2.05, 4.69) is 10.6 Å². The molecule has 0 bridgehead atoms. The van der Waals surface area contributed by atoms with E-state index in [4.69, 9.17) is 5.84 Å². The van der Waals surface area contributed by atoms with Gasteiger partial charge in [0.15, 0.2) is 5.82 Å². The first-order chi connectivity index (χ1) is 9.92. The Hall–Kier alpha value is -2.75. The number of nitrogens with two attached hydrogens (primary N) is 1. The molecule has 1 heterocycles. The molecule has 2 amide bonds. The molecule has 0 aromatic heterocycles. The quantitative estimate of drug-likeness (QED) is 0.340. The fraction of sp³-hybridized carbons (Fsp3) is 0.273. The Morgan fingerprint density at radius 3 is 2.76 bits per heavy atom. The van der Waals surface area contributed by atoms with Crippen LogP contribution in [0.25, 0.3) is 0 Å². The summed E-state index contributed by atoms with van der Waals surface area (Å²) < 4.78 is 13.5. The zero-order valence-electron chi connectivity index (χ0n) is 10.7. The van der Waals surface area contributed by atoms with Gasteiger partial charge in [0.25, 0.3) is 11.6 Å². The number of nitrogens with zero attached hydrogens (tertiary/aromatic N) is 1. The Morgan fingerprint density at radius 1 is 1.52 bits per heavy atom. The largest absolute Gasteiger partial charge is 0.354 e. The van der Waals surface area contributed by atoms with E-state index in [0.717, 1.165) is 6.07 Å². The Morgan fingerprint density at radius 2 is 2.24 bits per heavy atom. The summed E-state index contributed by atoms with van der Waals surface area (Å²) in [7, 11) is 0. The summed E-state index contributed by atoms with van der Waals surface area (Å²) in [6.07, 6.45) is 0.0860. The van der Waals surface area contributed by atoms with Crippen molar-refractivity contribution in [2.45, 2.75) is 12.5 Å². The highest BCUT2D eigenvalue weighted by atomic mass is 19.1. The van der Waals surface area contributed by atoms with Gasteiger partial charge in [-0.05, 0) is 6.07 Å². The predicted molar refractivity (Wildman–Crippen MR) is 69.7 cm³/mol. The van der Waals surface area contributed by atoms with Crippen LogP contribution in [-0.2, 0) is 4.79 Å². The van der Waals surface area contributed by atoms with Gasteiger partial charge >= 0.3 is 0 Å². The molecule has 1 aromatic carbocycles. The van der Waals surface area contributed by atoms with Crippen LogP contribution in [0.3, 0.4) is 0 Å². The number of nitro benzene ring substituents is 1. The first-order valence-corrected chi connectivity index (χ1v) is 5.94. The van der Waals surface area contributed by atoms with Crippen molar-refractivity contribution in [1.82, 2.24) is 10.6 Å². The van der Waals surface area contributed by atoms with E-state index in [-0.39, 0.29) is 30.1 Å². The second kappa shape index (κ2) is 5.71. The molecule has 5 N–H and O–H groups in total. The van der Waals surface area contributed by atoms with Gasteiger partial charge in [-0.1, -0.05) is 0 Å². The highest BCUT2D eigenvalue weighted by molar-refractivity contribution is 5.99. The van der Waals surface area contributed by atoms with Crippen molar-refractivity contribution in [3.05, 3.63) is 33.6 Å². The fourth-order valence-electron chi connectivity index (χ4n) is 1.98. The summed E-state index contributed by atoms with van der Waals surface area (Å²) in [5, 5.41) is 15.9. The van der Waals surface area contributed by atoms with E-state index in [1.165, 1.54) is 0 Å². The van der Waals surface area contributed by atoms with Crippen LogP contribution in [0.15, 0.2) is 12.1 Å². The van der Waals surface area contributed by atoms with Crippen molar-refractivity contribution in [3.63, 3.8) is 0 Å². The van der Waals surface area contributed by atoms with Crippen molar-refractivity contribution in [1.29, 1.82) is 0 Å². The minimum Gasteiger partial charge on any atom is -0.354 e. The first-order valence-electron chi connectivity index (χ1n) is 5.94. The third-order valence-corrected chi connectivity index (χ3v) is 2.99. The SMILES string of the molecule is NNc1cc(C(=O)NC2CNC(=O)C2)c([N+](=O)[O-])cc1F. The molecule has 21 heavy (non-hydrogen) atoms. The van der Waals surface area contributed by atoms with E-state index < -0.39 is 28.4 Å². The zero-order chi connectivity index (χ0) is 15.6. The second-order valence-corrected chi connectivity index (χ2v) is 4.43. The molecule has 10 heteroatoms. The Bertz CT molecular complexity index is 621. The number of hydrazine groups is 1. The Balaban J connectivity index is 2.30. The number of amides is 2. The van der Waals surface area contributed by atoms with E-state index in [1.807, 2.05) is 5.43 Å². The Kier molecular flexibility index (Phi) is 3.98. The number of nitrogen functional groups attached to an aromatic ring is 1. The van der Waals surface area contributed by atoms with Gasteiger partial charge < -0.3 is 16.1 Å². The molecule has 1 unspecified atom stereocenters. The highest BCUT2D eigenvalue weighted by Gasteiger charge is 2.28. The first kappa shape index (κ1) is 14.7. The van der Waals surface area contributed by atoms with Crippen LogP contribution >= 0.6 is 0 Å². The van der Waals surface area contributed by atoms with Gasteiger partial charge in [-0.3, -0.25) is 25.5 Å². The molecule has 1 atom stereocenters. The van der Waals surface area contributed by atoms with Gasteiger partial charge in [0.1, 0.15) is 5.56 Å². The maximum absolute atomic E-state index is 13.5. The van der Waals surface area contributed by atoms with Crippen molar-refractivity contribution in [2.24, 2.45) is 5.84 Å². The Labute approximate surface area is 117 Å². The number of nitro groups is 1. The smallest absolute Gasteiger partial charge is 0.285 e. The second-order valence-electron chi connectivity index (χ2n) is 4.43. The molecule has 2 rings (SSSR count). The zero-order valence-corrected chi connectivity index (χ0v) is 10.7. The number of benzene rings is 1. The van der Waals surface area contributed by atoms with E-state index in [1.54, 1.807) is 0 Å². The number of hydrogen-bond donors (Lipinski definition) is 4. The molecule has 0 radical (unpaired) electrons. The van der Waals surface area contributed by atoms with Crippen molar-refractivity contribution < 1.29 is 18.9 Å². The van der Waals surface area contributed by atoms with Crippen LogP contribution in [0.2, 0.25) is 0 Å². The lowest BCUT2D eigenvalue weighted by molar-refractivity contribution is -0.385. The monoisotopic (exact) mass is 297 g/mol. The van der Waals surface area contributed by atoms with Gasteiger partial charge in [-0.15, -0.1) is 0 Å². The maximum atomic E-state index is 13.5. The molecule has 1 saturated heterocycles. The molecule has 0 saturated carbocycles. The van der Waals surface area contributed by atoms with E-state index in [9.17, 15) is 24.1 Å². The molecule has 0 spiro atoms. The molecule has 1 aliphatic rings. The predicted octanol–water partition coefficient (Wildman–Crippen LogP) is -0.362. The number of rotatable bonds is 4. The average molecular weight is 297 g/mol. The highest BCUT2D eigenvalue weighted by Crippen LogP contribution is 2.25. The molecular formula is C11H12FN5O4. The molecule has 1 aromatic rings. The van der Waals surface area contributed by atoms with Crippen LogP contribution in [-0.4, -0.2) is 29.3 Å². The summed E-state index contributed by atoms with van der Waals surface area (Å²) in [6.45, 7) is 0.238. The normalized spacial score (nSPS) is 17.2. The number of nitrogens with one attached hydrogen (secondary N) is 3. The lowest BCUT2D eigenvalue weighted by Crippen LogP contribution is -2.36. The number of carbonyl (C=O) groups is 2. The van der Waals surface area contributed by atoms with Crippen molar-refractivity contribution >= 4 is 23.2 Å². The fourth-order valence-corrected chi connectivity index (χ4v) is 1.98. The van der Waals surface area contributed by atoms with E-state index >= 15 is 0 Å². The van der Waals surface area contributed by atoms with Gasteiger partial charge in [-0.25, -0.2) is 4.39 Å². The summed E-state index contributed by atoms with van der Waals surface area (Å²) in [5.74, 6) is 3.13. The molecule has 9 nitrogen and oxygen atoms in total. The van der Waals surface area contributed by atoms with Crippen LogP contribution in [0.5, 0.6) is 0 Å².